The minimum Gasteiger partial charge on any atom is -0.478 e. The zero-order chi connectivity index (χ0) is 13.8. The normalized spacial score (nSPS) is 18.9. The maximum absolute atomic E-state index is 12.3. The summed E-state index contributed by atoms with van der Waals surface area (Å²) in [4.78, 5) is 24.9. The van der Waals surface area contributed by atoms with E-state index in [0.717, 1.165) is 12.8 Å². The molecular weight excluding hydrogens is 246 g/mol. The van der Waals surface area contributed by atoms with Crippen molar-refractivity contribution in [2.75, 3.05) is 25.2 Å². The summed E-state index contributed by atoms with van der Waals surface area (Å²) in [7, 11) is 1.61. The van der Waals surface area contributed by atoms with Crippen molar-refractivity contribution < 1.29 is 19.4 Å². The lowest BCUT2D eigenvalue weighted by atomic mass is 10.00. The SMILES string of the molecule is CN(C(=O)C1CCCOC1)c1ccccc1C(=O)O. The molecule has 1 saturated heterocycles. The average Bonchev–Trinajstić information content (AvgIpc) is 2.46. The van der Waals surface area contributed by atoms with Crippen LogP contribution in [0.1, 0.15) is 23.2 Å². The molecule has 1 aliphatic rings. The van der Waals surface area contributed by atoms with Crippen LogP contribution in [0.5, 0.6) is 0 Å². The number of anilines is 1. The van der Waals surface area contributed by atoms with Crippen LogP contribution in [0.4, 0.5) is 5.69 Å². The molecule has 102 valence electrons. The van der Waals surface area contributed by atoms with Crippen molar-refractivity contribution in [2.45, 2.75) is 12.8 Å². The second-order valence-corrected chi connectivity index (χ2v) is 4.63. The molecule has 1 amide bonds. The van der Waals surface area contributed by atoms with Crippen molar-refractivity contribution in [3.63, 3.8) is 0 Å². The molecular formula is C14H17NO4. The first kappa shape index (κ1) is 13.5. The van der Waals surface area contributed by atoms with E-state index in [9.17, 15) is 9.59 Å². The molecule has 19 heavy (non-hydrogen) atoms. The largest absolute Gasteiger partial charge is 0.478 e. The van der Waals surface area contributed by atoms with Gasteiger partial charge in [0.25, 0.3) is 0 Å². The molecule has 5 heteroatoms. The number of hydrogen-bond donors (Lipinski definition) is 1. The Labute approximate surface area is 111 Å². The Balaban J connectivity index is 2.21. The highest BCUT2D eigenvalue weighted by atomic mass is 16.5. The van der Waals surface area contributed by atoms with Crippen LogP contribution in [-0.2, 0) is 9.53 Å². The fraction of sp³-hybridized carbons (Fsp3) is 0.429. The standard InChI is InChI=1S/C14H17NO4/c1-15(13(16)10-5-4-8-19-9-10)12-7-3-2-6-11(12)14(17)18/h2-3,6-7,10H,4-5,8-9H2,1H3,(H,17,18). The van der Waals surface area contributed by atoms with E-state index >= 15 is 0 Å². The fourth-order valence-corrected chi connectivity index (χ4v) is 2.28. The number of benzene rings is 1. The zero-order valence-corrected chi connectivity index (χ0v) is 10.8. The molecule has 2 rings (SSSR count). The number of ether oxygens (including phenoxy) is 1. The van der Waals surface area contributed by atoms with Gasteiger partial charge in [-0.2, -0.15) is 0 Å². The van der Waals surface area contributed by atoms with Gasteiger partial charge in [0, 0.05) is 13.7 Å². The lowest BCUT2D eigenvalue weighted by molar-refractivity contribution is -0.125. The van der Waals surface area contributed by atoms with E-state index in [1.54, 1.807) is 25.2 Å². The molecule has 0 bridgehead atoms. The number of amides is 1. The number of carboxylic acid groups (broad SMARTS) is 1. The lowest BCUT2D eigenvalue weighted by Crippen LogP contribution is -2.37. The van der Waals surface area contributed by atoms with E-state index < -0.39 is 5.97 Å². The van der Waals surface area contributed by atoms with Gasteiger partial charge in [0.1, 0.15) is 0 Å². The zero-order valence-electron chi connectivity index (χ0n) is 10.8. The van der Waals surface area contributed by atoms with Gasteiger partial charge in [-0.25, -0.2) is 4.79 Å². The highest BCUT2D eigenvalue weighted by molar-refractivity contribution is 6.02. The second kappa shape index (κ2) is 5.84. The van der Waals surface area contributed by atoms with Crippen LogP contribution in [0.25, 0.3) is 0 Å². The second-order valence-electron chi connectivity index (χ2n) is 4.63. The molecule has 1 aromatic carbocycles. The summed E-state index contributed by atoms with van der Waals surface area (Å²) in [6.07, 6.45) is 1.66. The van der Waals surface area contributed by atoms with E-state index in [1.165, 1.54) is 11.0 Å². The third-order valence-electron chi connectivity index (χ3n) is 3.34. The third-order valence-corrected chi connectivity index (χ3v) is 3.34. The van der Waals surface area contributed by atoms with Crippen LogP contribution >= 0.6 is 0 Å². The summed E-state index contributed by atoms with van der Waals surface area (Å²) >= 11 is 0. The molecule has 0 aromatic heterocycles. The van der Waals surface area contributed by atoms with Gasteiger partial charge < -0.3 is 14.7 Å². The summed E-state index contributed by atoms with van der Waals surface area (Å²) in [6, 6.07) is 6.52. The van der Waals surface area contributed by atoms with E-state index in [0.29, 0.717) is 18.9 Å². The number of para-hydroxylation sites is 1. The summed E-state index contributed by atoms with van der Waals surface area (Å²) < 4.78 is 5.30. The van der Waals surface area contributed by atoms with Gasteiger partial charge in [-0.3, -0.25) is 4.79 Å². The average molecular weight is 263 g/mol. The summed E-state index contributed by atoms with van der Waals surface area (Å²) in [5.74, 6) is -1.30. The minimum absolute atomic E-state index is 0.0894. The Bertz CT molecular complexity index is 480. The molecule has 1 aromatic rings. The van der Waals surface area contributed by atoms with Gasteiger partial charge in [-0.15, -0.1) is 0 Å². The number of nitrogens with zero attached hydrogens (tertiary/aromatic N) is 1. The first-order chi connectivity index (χ1) is 9.11. The summed E-state index contributed by atoms with van der Waals surface area (Å²) in [5, 5.41) is 9.14. The van der Waals surface area contributed by atoms with Crippen molar-refractivity contribution in [1.82, 2.24) is 0 Å². The van der Waals surface area contributed by atoms with Gasteiger partial charge in [0.05, 0.1) is 23.8 Å². The molecule has 0 radical (unpaired) electrons. The highest BCUT2D eigenvalue weighted by Gasteiger charge is 2.27. The highest BCUT2D eigenvalue weighted by Crippen LogP contribution is 2.23. The smallest absolute Gasteiger partial charge is 0.337 e. The van der Waals surface area contributed by atoms with Crippen molar-refractivity contribution >= 4 is 17.6 Å². The molecule has 1 atom stereocenters. The van der Waals surface area contributed by atoms with Crippen LogP contribution in [0.15, 0.2) is 24.3 Å². The lowest BCUT2D eigenvalue weighted by Gasteiger charge is -2.27. The quantitative estimate of drug-likeness (QED) is 0.902. The Kier molecular flexibility index (Phi) is 4.16. The molecule has 0 saturated carbocycles. The maximum Gasteiger partial charge on any atom is 0.337 e. The molecule has 5 nitrogen and oxygen atoms in total. The predicted molar refractivity (Wildman–Crippen MR) is 70.4 cm³/mol. The van der Waals surface area contributed by atoms with Gasteiger partial charge in [-0.1, -0.05) is 12.1 Å². The van der Waals surface area contributed by atoms with Crippen molar-refractivity contribution in [3.8, 4) is 0 Å². The first-order valence-corrected chi connectivity index (χ1v) is 6.29. The van der Waals surface area contributed by atoms with Crippen LogP contribution in [-0.4, -0.2) is 37.2 Å². The van der Waals surface area contributed by atoms with Crippen molar-refractivity contribution in [3.05, 3.63) is 29.8 Å². The van der Waals surface area contributed by atoms with Crippen molar-refractivity contribution in [1.29, 1.82) is 0 Å². The number of rotatable bonds is 3. The van der Waals surface area contributed by atoms with Crippen LogP contribution in [0, 0.1) is 5.92 Å². The Hall–Kier alpha value is -1.88. The Morgan fingerprint density at radius 2 is 2.11 bits per heavy atom. The molecule has 1 heterocycles. The van der Waals surface area contributed by atoms with Gasteiger partial charge in [-0.05, 0) is 25.0 Å². The molecule has 1 fully saturated rings. The third kappa shape index (κ3) is 2.93. The molecule has 1 aliphatic heterocycles. The van der Waals surface area contributed by atoms with Crippen LogP contribution in [0.3, 0.4) is 0 Å². The van der Waals surface area contributed by atoms with Gasteiger partial charge in [0.2, 0.25) is 5.91 Å². The van der Waals surface area contributed by atoms with E-state index in [-0.39, 0.29) is 17.4 Å². The number of hydrogen-bond acceptors (Lipinski definition) is 3. The molecule has 1 unspecified atom stereocenters. The minimum atomic E-state index is -1.03. The number of carbonyl (C=O) groups is 2. The predicted octanol–water partition coefficient (Wildman–Crippen LogP) is 1.77. The van der Waals surface area contributed by atoms with Crippen LogP contribution < -0.4 is 4.90 Å². The summed E-state index contributed by atoms with van der Waals surface area (Å²) in [5.41, 5.74) is 0.556. The van der Waals surface area contributed by atoms with E-state index in [1.807, 2.05) is 0 Å². The number of carbonyl (C=O) groups excluding carboxylic acids is 1. The molecule has 1 N–H and O–H groups in total. The number of aromatic carboxylic acids is 1. The number of carboxylic acids is 1. The maximum atomic E-state index is 12.3. The van der Waals surface area contributed by atoms with Gasteiger partial charge >= 0.3 is 5.97 Å². The van der Waals surface area contributed by atoms with E-state index in [4.69, 9.17) is 9.84 Å². The van der Waals surface area contributed by atoms with Crippen molar-refractivity contribution in [2.24, 2.45) is 5.92 Å². The summed E-state index contributed by atoms with van der Waals surface area (Å²) in [6.45, 7) is 1.11. The first-order valence-electron chi connectivity index (χ1n) is 6.29. The van der Waals surface area contributed by atoms with Crippen LogP contribution in [0.2, 0.25) is 0 Å². The Morgan fingerprint density at radius 1 is 1.37 bits per heavy atom. The molecule has 0 aliphatic carbocycles. The monoisotopic (exact) mass is 263 g/mol. The molecule has 0 spiro atoms. The van der Waals surface area contributed by atoms with E-state index in [2.05, 4.69) is 0 Å². The topological polar surface area (TPSA) is 66.8 Å². The fourth-order valence-electron chi connectivity index (χ4n) is 2.28. The van der Waals surface area contributed by atoms with Gasteiger partial charge in [0.15, 0.2) is 0 Å². The Morgan fingerprint density at radius 3 is 2.74 bits per heavy atom.